The fraction of sp³-hybridized carbons (Fsp3) is 0. The van der Waals surface area contributed by atoms with Crippen LogP contribution in [0, 0.1) is 11.8 Å². The number of thiocarbonyl (C=S) groups is 1. The summed E-state index contributed by atoms with van der Waals surface area (Å²) >= 11 is 5.62. The minimum Gasteiger partial charge on any atom is -0.346 e. The van der Waals surface area contributed by atoms with Gasteiger partial charge < -0.3 is 5.32 Å². The molecule has 0 spiro atoms. The van der Waals surface area contributed by atoms with Crippen molar-refractivity contribution >= 4 is 28.5 Å². The Morgan fingerprint density at radius 2 is 1.32 bits per heavy atom. The summed E-state index contributed by atoms with van der Waals surface area (Å²) in [5.74, 6) is 6.28. The van der Waals surface area contributed by atoms with E-state index in [0.717, 1.165) is 22.4 Å². The lowest BCUT2D eigenvalue weighted by molar-refractivity contribution is 1.62. The van der Waals surface area contributed by atoms with Gasteiger partial charge >= 0.3 is 0 Å². The number of rotatable bonds is 3. The summed E-state index contributed by atoms with van der Waals surface area (Å²) in [5, 5.41) is 3.28. The summed E-state index contributed by atoms with van der Waals surface area (Å²) in [6, 6.07) is 29.9. The maximum Gasteiger partial charge on any atom is 0.112 e. The zero-order valence-corrected chi connectivity index (χ0v) is 14.5. The second kappa shape index (κ2) is 8.63. The first-order chi connectivity index (χ1) is 12.3. The van der Waals surface area contributed by atoms with Gasteiger partial charge in [0, 0.05) is 16.8 Å². The van der Waals surface area contributed by atoms with Crippen molar-refractivity contribution in [3.05, 3.63) is 108 Å². The van der Waals surface area contributed by atoms with E-state index in [2.05, 4.69) is 17.2 Å². The predicted octanol–water partition coefficient (Wildman–Crippen LogP) is 5.56. The molecular formula is C23H17NS. The molecule has 0 aliphatic carbocycles. The van der Waals surface area contributed by atoms with Crippen molar-refractivity contribution in [3.63, 3.8) is 0 Å². The molecule has 0 atom stereocenters. The highest BCUT2D eigenvalue weighted by molar-refractivity contribution is 7.81. The van der Waals surface area contributed by atoms with E-state index in [4.69, 9.17) is 12.2 Å². The summed E-state index contributed by atoms with van der Waals surface area (Å²) in [5.41, 5.74) is 3.89. The number of hydrogen-bond acceptors (Lipinski definition) is 1. The topological polar surface area (TPSA) is 12.0 Å². The average molecular weight is 339 g/mol. The highest BCUT2D eigenvalue weighted by Crippen LogP contribution is 2.18. The molecule has 0 bridgehead atoms. The maximum atomic E-state index is 5.62. The molecule has 120 valence electrons. The number of anilines is 1. The Bertz CT molecular complexity index is 917. The fourth-order valence-electron chi connectivity index (χ4n) is 2.33. The molecule has 3 rings (SSSR count). The van der Waals surface area contributed by atoms with Crippen molar-refractivity contribution in [3.8, 4) is 11.8 Å². The van der Waals surface area contributed by atoms with Gasteiger partial charge in [-0.2, -0.15) is 0 Å². The summed E-state index contributed by atoms with van der Waals surface area (Å²) in [6.45, 7) is 0. The van der Waals surface area contributed by atoms with Crippen LogP contribution in [0.2, 0.25) is 0 Å². The Hall–Kier alpha value is -3.15. The Morgan fingerprint density at radius 3 is 1.96 bits per heavy atom. The van der Waals surface area contributed by atoms with Gasteiger partial charge in [0.05, 0.1) is 0 Å². The molecule has 25 heavy (non-hydrogen) atoms. The predicted molar refractivity (Wildman–Crippen MR) is 110 cm³/mol. The third-order valence-corrected chi connectivity index (χ3v) is 3.89. The average Bonchev–Trinajstić information content (AvgIpc) is 2.67. The first kappa shape index (κ1) is 16.7. The summed E-state index contributed by atoms with van der Waals surface area (Å²) in [6.07, 6.45) is 1.88. The minimum absolute atomic E-state index is 0.653. The molecule has 0 fully saturated rings. The van der Waals surface area contributed by atoms with E-state index in [1.165, 1.54) is 0 Å². The lowest BCUT2D eigenvalue weighted by atomic mass is 10.1. The van der Waals surface area contributed by atoms with E-state index in [-0.39, 0.29) is 0 Å². The molecule has 0 aliphatic heterocycles. The van der Waals surface area contributed by atoms with Crippen LogP contribution in [0.5, 0.6) is 0 Å². The number of nitrogens with one attached hydrogen (secondary N) is 1. The maximum absolute atomic E-state index is 5.62. The first-order valence-corrected chi connectivity index (χ1v) is 8.42. The van der Waals surface area contributed by atoms with E-state index in [0.29, 0.717) is 4.99 Å². The van der Waals surface area contributed by atoms with E-state index in [1.807, 2.05) is 97.1 Å². The van der Waals surface area contributed by atoms with Crippen LogP contribution in [0.1, 0.15) is 11.1 Å². The molecular weight excluding hydrogens is 322 g/mol. The molecule has 0 radical (unpaired) electrons. The third kappa shape index (κ3) is 4.91. The molecule has 1 nitrogen and oxygen atoms in total. The normalized spacial score (nSPS) is 10.5. The Labute approximate surface area is 154 Å². The van der Waals surface area contributed by atoms with Crippen molar-refractivity contribution < 1.29 is 0 Å². The van der Waals surface area contributed by atoms with Crippen LogP contribution in [0.3, 0.4) is 0 Å². The van der Waals surface area contributed by atoms with Gasteiger partial charge in [-0.1, -0.05) is 90.8 Å². The second-order valence-corrected chi connectivity index (χ2v) is 5.79. The van der Waals surface area contributed by atoms with E-state index in [1.54, 1.807) is 0 Å². The fourth-order valence-corrected chi connectivity index (χ4v) is 2.63. The van der Waals surface area contributed by atoms with E-state index in [9.17, 15) is 0 Å². The van der Waals surface area contributed by atoms with Crippen molar-refractivity contribution in [2.24, 2.45) is 0 Å². The summed E-state index contributed by atoms with van der Waals surface area (Å²) in [7, 11) is 0. The number of para-hydroxylation sites is 1. The van der Waals surface area contributed by atoms with Crippen molar-refractivity contribution in [2.45, 2.75) is 0 Å². The van der Waals surface area contributed by atoms with Gasteiger partial charge in [0.2, 0.25) is 0 Å². The molecule has 2 heteroatoms. The summed E-state index contributed by atoms with van der Waals surface area (Å²) < 4.78 is 0. The molecule has 1 N–H and O–H groups in total. The van der Waals surface area contributed by atoms with E-state index < -0.39 is 0 Å². The van der Waals surface area contributed by atoms with Gasteiger partial charge in [-0.3, -0.25) is 0 Å². The summed E-state index contributed by atoms with van der Waals surface area (Å²) in [4.78, 5) is 0.653. The Morgan fingerprint density at radius 1 is 0.760 bits per heavy atom. The number of hydrogen-bond donors (Lipinski definition) is 1. The quantitative estimate of drug-likeness (QED) is 0.381. The smallest absolute Gasteiger partial charge is 0.112 e. The second-order valence-electron chi connectivity index (χ2n) is 5.38. The lowest BCUT2D eigenvalue weighted by Gasteiger charge is -2.11. The molecule has 0 aromatic heterocycles. The molecule has 0 saturated carbocycles. The van der Waals surface area contributed by atoms with Crippen LogP contribution in [-0.2, 0) is 0 Å². The van der Waals surface area contributed by atoms with Crippen LogP contribution in [0.15, 0.2) is 97.1 Å². The molecule has 0 saturated heterocycles. The molecule has 0 unspecified atom stereocenters. The zero-order chi connectivity index (χ0) is 17.3. The largest absolute Gasteiger partial charge is 0.346 e. The van der Waals surface area contributed by atoms with Gasteiger partial charge in [-0.05, 0) is 35.9 Å². The van der Waals surface area contributed by atoms with Crippen molar-refractivity contribution in [2.75, 3.05) is 5.32 Å². The highest BCUT2D eigenvalue weighted by Gasteiger charge is 2.07. The standard InChI is InChI=1S/C23H17NS/c25-23(24-21-16-8-3-9-17-21)22(20-14-6-2-7-15-20)18-10-13-19-11-4-1-5-12-19/h1-9,11-12,14-18H,(H,24,25)/b22-18+. The molecule has 0 aliphatic rings. The minimum atomic E-state index is 0.653. The third-order valence-electron chi connectivity index (χ3n) is 3.57. The first-order valence-electron chi connectivity index (χ1n) is 8.01. The van der Waals surface area contributed by atoms with Crippen LogP contribution in [-0.4, -0.2) is 4.99 Å². The SMILES string of the molecule is S=C(Nc1ccccc1)/C(=C/C#Cc1ccccc1)c1ccccc1. The van der Waals surface area contributed by atoms with Gasteiger partial charge in [0.1, 0.15) is 4.99 Å². The van der Waals surface area contributed by atoms with Gasteiger partial charge in [0.25, 0.3) is 0 Å². The van der Waals surface area contributed by atoms with Crippen LogP contribution in [0.4, 0.5) is 5.69 Å². The van der Waals surface area contributed by atoms with Crippen molar-refractivity contribution in [1.82, 2.24) is 0 Å². The molecule has 3 aromatic carbocycles. The molecule has 0 amide bonds. The molecule has 0 heterocycles. The van der Waals surface area contributed by atoms with Crippen LogP contribution in [0.25, 0.3) is 5.57 Å². The Balaban J connectivity index is 1.89. The van der Waals surface area contributed by atoms with Gasteiger partial charge in [-0.15, -0.1) is 0 Å². The van der Waals surface area contributed by atoms with Crippen LogP contribution < -0.4 is 5.32 Å². The highest BCUT2D eigenvalue weighted by atomic mass is 32.1. The van der Waals surface area contributed by atoms with Crippen molar-refractivity contribution in [1.29, 1.82) is 0 Å². The number of allylic oxidation sites excluding steroid dienone is 1. The Kier molecular flexibility index (Phi) is 5.77. The zero-order valence-electron chi connectivity index (χ0n) is 13.6. The molecule has 3 aromatic rings. The van der Waals surface area contributed by atoms with Crippen LogP contribution >= 0.6 is 12.2 Å². The number of benzene rings is 3. The van der Waals surface area contributed by atoms with Gasteiger partial charge in [-0.25, -0.2) is 0 Å². The lowest BCUT2D eigenvalue weighted by Crippen LogP contribution is -2.11. The van der Waals surface area contributed by atoms with E-state index >= 15 is 0 Å². The monoisotopic (exact) mass is 339 g/mol. The van der Waals surface area contributed by atoms with Gasteiger partial charge in [0.15, 0.2) is 0 Å².